The predicted octanol–water partition coefficient (Wildman–Crippen LogP) is 6.86. The predicted molar refractivity (Wildman–Crippen MR) is 151 cm³/mol. The topological polar surface area (TPSA) is 78.9 Å². The van der Waals surface area contributed by atoms with Crippen molar-refractivity contribution in [1.29, 1.82) is 0 Å². The monoisotopic (exact) mass is 556 g/mol. The molecule has 214 valence electrons. The van der Waals surface area contributed by atoms with Gasteiger partial charge in [-0.05, 0) is 86.2 Å². The van der Waals surface area contributed by atoms with Crippen LogP contribution in [0.2, 0.25) is 18.1 Å². The molecule has 8 heteroatoms. The van der Waals surface area contributed by atoms with Crippen molar-refractivity contribution in [3.05, 3.63) is 12.2 Å². The molecular formula is C29H52O6SSi. The molecule has 3 aliphatic rings. The lowest BCUT2D eigenvalue weighted by Gasteiger charge is -2.56. The van der Waals surface area contributed by atoms with Gasteiger partial charge in [-0.15, -0.1) is 0 Å². The number of esters is 1. The number of hydrogen-bond donors (Lipinski definition) is 0. The minimum atomic E-state index is -3.50. The van der Waals surface area contributed by atoms with E-state index in [2.05, 4.69) is 54.3 Å². The first kappa shape index (κ1) is 30.8. The molecule has 0 saturated heterocycles. The van der Waals surface area contributed by atoms with Crippen LogP contribution in [0.3, 0.4) is 0 Å². The first-order chi connectivity index (χ1) is 16.8. The second-order valence-corrected chi connectivity index (χ2v) is 20.6. The van der Waals surface area contributed by atoms with Crippen LogP contribution >= 0.6 is 0 Å². The Balaban J connectivity index is 1.91. The molecule has 0 bridgehead atoms. The average Bonchev–Trinajstić information content (AvgIpc) is 3.03. The molecule has 3 rings (SSSR count). The van der Waals surface area contributed by atoms with Crippen LogP contribution in [0.4, 0.5) is 0 Å². The molecule has 3 fully saturated rings. The van der Waals surface area contributed by atoms with Crippen molar-refractivity contribution in [2.45, 2.75) is 123 Å². The highest BCUT2D eigenvalue weighted by Crippen LogP contribution is 2.62. The Morgan fingerprint density at radius 2 is 1.76 bits per heavy atom. The molecule has 3 aliphatic carbocycles. The van der Waals surface area contributed by atoms with E-state index >= 15 is 0 Å². The SMILES string of the molecule is C=C1CCC2[C@H](OC(C)=O)C([C@@]3(C)CCC(O[Si](C)(C)C(C)(C)C)C[C@@H]3CCOS(C)(=O)=O)CC[C@]12C. The van der Waals surface area contributed by atoms with E-state index in [-0.39, 0.29) is 58.4 Å². The van der Waals surface area contributed by atoms with Crippen LogP contribution in [0.25, 0.3) is 0 Å². The van der Waals surface area contributed by atoms with E-state index in [4.69, 9.17) is 13.3 Å². The van der Waals surface area contributed by atoms with E-state index in [1.807, 2.05) is 0 Å². The fraction of sp³-hybridized carbons (Fsp3) is 0.897. The van der Waals surface area contributed by atoms with E-state index in [0.717, 1.165) is 51.2 Å². The van der Waals surface area contributed by atoms with Crippen molar-refractivity contribution in [3.63, 3.8) is 0 Å². The molecule has 7 atom stereocenters. The summed E-state index contributed by atoms with van der Waals surface area (Å²) in [5, 5.41) is 0.127. The third-order valence-corrected chi connectivity index (χ3v) is 15.9. The van der Waals surface area contributed by atoms with Crippen molar-refractivity contribution < 1.29 is 26.6 Å². The van der Waals surface area contributed by atoms with Gasteiger partial charge in [0.15, 0.2) is 8.32 Å². The summed E-state index contributed by atoms with van der Waals surface area (Å²) in [5.41, 5.74) is 1.21. The molecule has 0 aromatic rings. The van der Waals surface area contributed by atoms with Crippen LogP contribution in [0, 0.1) is 28.6 Å². The maximum atomic E-state index is 12.3. The van der Waals surface area contributed by atoms with Crippen LogP contribution in [-0.4, -0.2) is 47.8 Å². The maximum Gasteiger partial charge on any atom is 0.302 e. The Morgan fingerprint density at radius 3 is 2.32 bits per heavy atom. The summed E-state index contributed by atoms with van der Waals surface area (Å²) >= 11 is 0. The molecule has 0 aromatic heterocycles. The normalized spacial score (nSPS) is 37.3. The summed E-state index contributed by atoms with van der Waals surface area (Å²) in [4.78, 5) is 12.3. The van der Waals surface area contributed by atoms with E-state index in [0.29, 0.717) is 6.42 Å². The molecule has 3 unspecified atom stereocenters. The molecule has 0 radical (unpaired) electrons. The minimum absolute atomic E-state index is 0.0184. The van der Waals surface area contributed by atoms with Gasteiger partial charge in [0.1, 0.15) is 6.10 Å². The van der Waals surface area contributed by atoms with Gasteiger partial charge in [0.25, 0.3) is 10.1 Å². The fourth-order valence-electron chi connectivity index (χ4n) is 7.40. The van der Waals surface area contributed by atoms with Gasteiger partial charge in [0, 0.05) is 24.9 Å². The van der Waals surface area contributed by atoms with E-state index in [1.54, 1.807) is 0 Å². The van der Waals surface area contributed by atoms with Crippen molar-refractivity contribution in [1.82, 2.24) is 0 Å². The lowest BCUT2D eigenvalue weighted by molar-refractivity contribution is -0.173. The average molecular weight is 557 g/mol. The fourth-order valence-corrected chi connectivity index (χ4v) is 9.20. The lowest BCUT2D eigenvalue weighted by atomic mass is 9.51. The van der Waals surface area contributed by atoms with Crippen LogP contribution in [-0.2, 0) is 28.3 Å². The van der Waals surface area contributed by atoms with Crippen LogP contribution < -0.4 is 0 Å². The number of allylic oxidation sites excluding steroid dienone is 1. The summed E-state index contributed by atoms with van der Waals surface area (Å²) in [6, 6.07) is 0. The van der Waals surface area contributed by atoms with Crippen molar-refractivity contribution in [3.8, 4) is 0 Å². The van der Waals surface area contributed by atoms with Gasteiger partial charge in [-0.25, -0.2) is 0 Å². The Hall–Kier alpha value is -0.703. The summed E-state index contributed by atoms with van der Waals surface area (Å²) in [6.07, 6.45) is 8.67. The lowest BCUT2D eigenvalue weighted by Crippen LogP contribution is -2.55. The molecule has 3 saturated carbocycles. The molecule has 6 nitrogen and oxygen atoms in total. The van der Waals surface area contributed by atoms with Gasteiger partial charge < -0.3 is 9.16 Å². The zero-order chi connectivity index (χ0) is 28.0. The summed E-state index contributed by atoms with van der Waals surface area (Å²) in [5.74, 6) is 0.507. The zero-order valence-corrected chi connectivity index (χ0v) is 26.6. The number of carbonyl (C=O) groups excluding carboxylic acids is 1. The van der Waals surface area contributed by atoms with Gasteiger partial charge in [0.05, 0.1) is 12.9 Å². The van der Waals surface area contributed by atoms with Gasteiger partial charge >= 0.3 is 5.97 Å². The number of fused-ring (bicyclic) bond motifs is 1. The Labute approximate surface area is 227 Å². The quantitative estimate of drug-likeness (QED) is 0.141. The van der Waals surface area contributed by atoms with Gasteiger partial charge in [-0.3, -0.25) is 8.98 Å². The second kappa shape index (κ2) is 10.7. The number of ether oxygens (including phenoxy) is 1. The molecule has 0 N–H and O–H groups in total. The maximum absolute atomic E-state index is 12.3. The summed E-state index contributed by atoms with van der Waals surface area (Å²) in [6.45, 7) is 22.2. The molecule has 0 aliphatic heterocycles. The molecule has 0 aromatic carbocycles. The Kier molecular flexibility index (Phi) is 8.92. The third-order valence-electron chi connectivity index (χ3n) is 10.8. The Morgan fingerprint density at radius 1 is 1.11 bits per heavy atom. The van der Waals surface area contributed by atoms with E-state index in [1.165, 1.54) is 12.5 Å². The van der Waals surface area contributed by atoms with Crippen LogP contribution in [0.15, 0.2) is 12.2 Å². The van der Waals surface area contributed by atoms with E-state index in [9.17, 15) is 13.2 Å². The van der Waals surface area contributed by atoms with E-state index < -0.39 is 18.4 Å². The number of carbonyl (C=O) groups is 1. The second-order valence-electron chi connectivity index (χ2n) is 14.2. The van der Waals surface area contributed by atoms with Gasteiger partial charge in [0.2, 0.25) is 0 Å². The Bertz CT molecular complexity index is 969. The van der Waals surface area contributed by atoms with Crippen LogP contribution in [0.1, 0.15) is 92.9 Å². The summed E-state index contributed by atoms with van der Waals surface area (Å²) in [7, 11) is -5.45. The number of hydrogen-bond acceptors (Lipinski definition) is 6. The third kappa shape index (κ3) is 6.55. The largest absolute Gasteiger partial charge is 0.462 e. The van der Waals surface area contributed by atoms with Gasteiger partial charge in [-0.1, -0.05) is 46.8 Å². The molecular weight excluding hydrogens is 504 g/mol. The van der Waals surface area contributed by atoms with Crippen molar-refractivity contribution in [2.24, 2.45) is 28.6 Å². The zero-order valence-electron chi connectivity index (χ0n) is 24.8. The smallest absolute Gasteiger partial charge is 0.302 e. The standard InChI is InChI=1S/C29H52O6SSi/c1-20-11-12-24-26(34-21(2)30)25(14-17-28(20,24)6)29(7)16-13-23(35-37(9,10)27(3,4)5)19-22(29)15-18-33-36(8,31)32/h22-26H,1,11-19H2,2-10H3/t22-,23?,24?,25?,26-,28+,29-/m0/s1. The number of rotatable bonds is 8. The highest BCUT2D eigenvalue weighted by Gasteiger charge is 2.58. The molecule has 0 spiro atoms. The van der Waals surface area contributed by atoms with Crippen molar-refractivity contribution in [2.75, 3.05) is 12.9 Å². The summed E-state index contributed by atoms with van der Waals surface area (Å²) < 4.78 is 41.8. The molecule has 0 amide bonds. The first-order valence-electron chi connectivity index (χ1n) is 14.2. The van der Waals surface area contributed by atoms with Crippen molar-refractivity contribution >= 4 is 24.4 Å². The highest BCUT2D eigenvalue weighted by atomic mass is 32.2. The molecule has 37 heavy (non-hydrogen) atoms. The van der Waals surface area contributed by atoms with Gasteiger partial charge in [-0.2, -0.15) is 8.42 Å². The highest BCUT2D eigenvalue weighted by molar-refractivity contribution is 7.85. The molecule has 0 heterocycles. The first-order valence-corrected chi connectivity index (χ1v) is 18.9. The minimum Gasteiger partial charge on any atom is -0.462 e. The van der Waals surface area contributed by atoms with Crippen LogP contribution in [0.5, 0.6) is 0 Å².